The number of aromatic nitrogens is 1. The lowest BCUT2D eigenvalue weighted by atomic mass is 9.96. The monoisotopic (exact) mass is 347 g/mol. The maximum absolute atomic E-state index is 14.0. The van der Waals surface area contributed by atoms with Crippen LogP contribution < -0.4 is 17.1 Å². The van der Waals surface area contributed by atoms with E-state index in [0.717, 1.165) is 6.07 Å². The van der Waals surface area contributed by atoms with Gasteiger partial charge in [0.25, 0.3) is 5.56 Å². The van der Waals surface area contributed by atoms with Crippen molar-refractivity contribution in [2.45, 2.75) is 0 Å². The van der Waals surface area contributed by atoms with Crippen LogP contribution in [-0.2, 0) is 0 Å². The molecule has 0 aliphatic carbocycles. The van der Waals surface area contributed by atoms with E-state index in [4.69, 9.17) is 16.8 Å². The topological polar surface area (TPSA) is 122 Å². The van der Waals surface area contributed by atoms with Gasteiger partial charge in [-0.15, -0.1) is 0 Å². The summed E-state index contributed by atoms with van der Waals surface area (Å²) >= 11 is 3.17. The third kappa shape index (κ3) is 2.22. The molecule has 1 aromatic heterocycles. The molecular formula is C13H7BrFN5O. The quantitative estimate of drug-likeness (QED) is 0.756. The summed E-state index contributed by atoms with van der Waals surface area (Å²) in [5, 5.41) is 18.4. The molecule has 0 unspecified atom stereocenters. The molecule has 0 amide bonds. The minimum absolute atomic E-state index is 0.0816. The molecule has 0 saturated carbocycles. The normalized spacial score (nSPS) is 9.90. The second-order valence-electron chi connectivity index (χ2n) is 4.03. The molecule has 0 fully saturated rings. The molecule has 0 aliphatic heterocycles. The fourth-order valence-corrected chi connectivity index (χ4v) is 2.25. The molecule has 0 spiro atoms. The number of hydrogen-bond acceptors (Lipinski definition) is 5. The Bertz CT molecular complexity index is 891. The van der Waals surface area contributed by atoms with Gasteiger partial charge in [0.15, 0.2) is 0 Å². The van der Waals surface area contributed by atoms with Crippen molar-refractivity contribution < 1.29 is 4.39 Å². The van der Waals surface area contributed by atoms with Crippen LogP contribution in [0.15, 0.2) is 27.5 Å². The highest BCUT2D eigenvalue weighted by Crippen LogP contribution is 2.32. The Labute approximate surface area is 126 Å². The van der Waals surface area contributed by atoms with Crippen LogP contribution in [0.1, 0.15) is 11.1 Å². The molecule has 0 aliphatic rings. The van der Waals surface area contributed by atoms with Crippen LogP contribution in [0.4, 0.5) is 10.2 Å². The Kier molecular flexibility index (Phi) is 3.66. The highest BCUT2D eigenvalue weighted by molar-refractivity contribution is 9.10. The van der Waals surface area contributed by atoms with E-state index in [1.807, 2.05) is 0 Å². The van der Waals surface area contributed by atoms with Gasteiger partial charge in [-0.2, -0.15) is 10.5 Å². The third-order valence-corrected chi connectivity index (χ3v) is 3.36. The van der Waals surface area contributed by atoms with Crippen LogP contribution in [0, 0.1) is 28.5 Å². The summed E-state index contributed by atoms with van der Waals surface area (Å²) in [5.74, 6) is 4.39. The van der Waals surface area contributed by atoms with E-state index in [2.05, 4.69) is 15.9 Å². The molecule has 104 valence electrons. The second kappa shape index (κ2) is 5.27. The van der Waals surface area contributed by atoms with Gasteiger partial charge < -0.3 is 11.6 Å². The summed E-state index contributed by atoms with van der Waals surface area (Å²) < 4.78 is 15.0. The maximum atomic E-state index is 14.0. The van der Waals surface area contributed by atoms with E-state index in [0.29, 0.717) is 9.15 Å². The predicted molar refractivity (Wildman–Crippen MR) is 77.8 cm³/mol. The minimum Gasteiger partial charge on any atom is -0.382 e. The van der Waals surface area contributed by atoms with E-state index in [9.17, 15) is 14.4 Å². The predicted octanol–water partition coefficient (Wildman–Crippen LogP) is 1.46. The van der Waals surface area contributed by atoms with Gasteiger partial charge in [-0.1, -0.05) is 15.9 Å². The van der Waals surface area contributed by atoms with Gasteiger partial charge >= 0.3 is 0 Å². The molecule has 1 heterocycles. The fraction of sp³-hybridized carbons (Fsp3) is 0. The van der Waals surface area contributed by atoms with Crippen molar-refractivity contribution in [1.29, 1.82) is 10.5 Å². The molecule has 0 saturated heterocycles. The van der Waals surface area contributed by atoms with E-state index in [-0.39, 0.29) is 22.5 Å². The summed E-state index contributed by atoms with van der Waals surface area (Å²) in [4.78, 5) is 12.0. The number of hydrogen-bond donors (Lipinski definition) is 2. The number of halogens is 2. The summed E-state index contributed by atoms with van der Waals surface area (Å²) in [6.07, 6.45) is 0. The lowest BCUT2D eigenvalue weighted by molar-refractivity contribution is 0.631. The molecule has 2 aromatic rings. The summed E-state index contributed by atoms with van der Waals surface area (Å²) in [5.41, 5.74) is 3.80. The number of nitrogen functional groups attached to an aromatic ring is 2. The zero-order valence-electron chi connectivity index (χ0n) is 10.4. The molecule has 4 N–H and O–H groups in total. The summed E-state index contributed by atoms with van der Waals surface area (Å²) in [6, 6.07) is 7.35. The molecule has 0 bridgehead atoms. The molecule has 6 nitrogen and oxygen atoms in total. The van der Waals surface area contributed by atoms with E-state index < -0.39 is 16.9 Å². The third-order valence-electron chi connectivity index (χ3n) is 2.87. The van der Waals surface area contributed by atoms with E-state index in [1.165, 1.54) is 12.1 Å². The van der Waals surface area contributed by atoms with Gasteiger partial charge in [-0.25, -0.2) is 9.07 Å². The van der Waals surface area contributed by atoms with Gasteiger partial charge in [0.2, 0.25) is 0 Å². The molecule has 0 atom stereocenters. The molecule has 21 heavy (non-hydrogen) atoms. The van der Waals surface area contributed by atoms with Gasteiger partial charge in [-0.3, -0.25) is 4.79 Å². The lowest BCUT2D eigenvalue weighted by Crippen LogP contribution is -2.33. The Hall–Kier alpha value is -2.84. The van der Waals surface area contributed by atoms with Crippen molar-refractivity contribution in [3.63, 3.8) is 0 Å². The van der Waals surface area contributed by atoms with E-state index >= 15 is 0 Å². The molecule has 1 aromatic carbocycles. The zero-order valence-corrected chi connectivity index (χ0v) is 12.0. The Balaban J connectivity index is 3.06. The summed E-state index contributed by atoms with van der Waals surface area (Å²) in [7, 11) is 0. The Morgan fingerprint density at radius 2 is 1.86 bits per heavy atom. The Morgan fingerprint density at radius 3 is 2.43 bits per heavy atom. The van der Waals surface area contributed by atoms with Crippen LogP contribution in [0.25, 0.3) is 11.1 Å². The fourth-order valence-electron chi connectivity index (χ4n) is 1.89. The second-order valence-corrected chi connectivity index (χ2v) is 4.95. The molecule has 2 rings (SSSR count). The smallest absolute Gasteiger partial charge is 0.289 e. The lowest BCUT2D eigenvalue weighted by Gasteiger charge is -2.13. The number of pyridine rings is 1. The van der Waals surface area contributed by atoms with E-state index in [1.54, 1.807) is 12.1 Å². The number of anilines is 1. The van der Waals surface area contributed by atoms with Gasteiger partial charge in [-0.05, 0) is 18.2 Å². The largest absolute Gasteiger partial charge is 0.382 e. The van der Waals surface area contributed by atoms with Gasteiger partial charge in [0.1, 0.15) is 34.9 Å². The van der Waals surface area contributed by atoms with Crippen LogP contribution >= 0.6 is 15.9 Å². The first kappa shape index (κ1) is 14.6. The first-order valence-corrected chi connectivity index (χ1v) is 6.30. The van der Waals surface area contributed by atoms with Crippen LogP contribution in [0.3, 0.4) is 0 Å². The molecule has 8 heteroatoms. The average molecular weight is 348 g/mol. The van der Waals surface area contributed by atoms with Gasteiger partial charge in [0.05, 0.1) is 0 Å². The van der Waals surface area contributed by atoms with Crippen molar-refractivity contribution in [2.75, 3.05) is 11.6 Å². The number of rotatable bonds is 1. The maximum Gasteiger partial charge on any atom is 0.289 e. The average Bonchev–Trinajstić information content (AvgIpc) is 2.47. The van der Waals surface area contributed by atoms with Crippen molar-refractivity contribution in [2.24, 2.45) is 0 Å². The Morgan fingerprint density at radius 1 is 1.24 bits per heavy atom. The van der Waals surface area contributed by atoms with Gasteiger partial charge in [0, 0.05) is 15.6 Å². The number of nitriles is 2. The highest BCUT2D eigenvalue weighted by atomic mass is 79.9. The van der Waals surface area contributed by atoms with Crippen molar-refractivity contribution in [3.05, 3.63) is 50.0 Å². The van der Waals surface area contributed by atoms with Crippen molar-refractivity contribution >= 4 is 21.7 Å². The first-order valence-electron chi connectivity index (χ1n) is 5.51. The number of nitrogens with zero attached hydrogens (tertiary/aromatic N) is 3. The number of benzene rings is 1. The zero-order chi connectivity index (χ0) is 15.7. The van der Waals surface area contributed by atoms with Crippen molar-refractivity contribution in [3.8, 4) is 23.3 Å². The van der Waals surface area contributed by atoms with Crippen molar-refractivity contribution in [1.82, 2.24) is 4.68 Å². The summed E-state index contributed by atoms with van der Waals surface area (Å²) in [6.45, 7) is 0. The molecular weight excluding hydrogens is 341 g/mol. The van der Waals surface area contributed by atoms with Crippen LogP contribution in [-0.4, -0.2) is 4.68 Å². The first-order chi connectivity index (χ1) is 9.92. The van der Waals surface area contributed by atoms with Crippen LogP contribution in [0.5, 0.6) is 0 Å². The minimum atomic E-state index is -0.900. The number of nitrogens with two attached hydrogens (primary N) is 2. The highest BCUT2D eigenvalue weighted by Gasteiger charge is 2.23. The van der Waals surface area contributed by atoms with Crippen LogP contribution in [0.2, 0.25) is 0 Å². The SMILES string of the molecule is N#Cc1c(-c2cc(Br)ccc2F)c(C#N)c(=O)n(N)c1N. The molecule has 0 radical (unpaired) electrons. The standard InChI is InChI=1S/C13H7BrFN5O/c14-6-1-2-10(15)7(3-6)11-8(4-16)12(18)20(19)13(21)9(11)5-17/h1-3H,18-19H2.